The van der Waals surface area contributed by atoms with Crippen molar-refractivity contribution >= 4 is 33.2 Å². The molecule has 2 aromatic rings. The summed E-state index contributed by atoms with van der Waals surface area (Å²) >= 11 is 4.37. The zero-order chi connectivity index (χ0) is 14.2. The zero-order valence-corrected chi connectivity index (χ0v) is 11.6. The van der Waals surface area contributed by atoms with E-state index in [1.54, 1.807) is 11.4 Å². The summed E-state index contributed by atoms with van der Waals surface area (Å²) in [5.41, 5.74) is -0.652. The van der Waals surface area contributed by atoms with Gasteiger partial charge in [0.25, 0.3) is 0 Å². The van der Waals surface area contributed by atoms with Crippen LogP contribution in [0.25, 0.3) is 0 Å². The van der Waals surface area contributed by atoms with E-state index in [1.165, 1.54) is 11.3 Å². The Bertz CT molecular complexity index is 642. The summed E-state index contributed by atoms with van der Waals surface area (Å²) in [6.07, 6.45) is -1.34. The maximum Gasteiger partial charge on any atom is 0.336 e. The van der Waals surface area contributed by atoms with Gasteiger partial charge in [-0.3, -0.25) is 0 Å². The van der Waals surface area contributed by atoms with Crippen molar-refractivity contribution in [2.24, 2.45) is 0 Å². The number of rotatable bonds is 3. The van der Waals surface area contributed by atoms with Crippen LogP contribution in [0, 0.1) is 11.6 Å². The monoisotopic (exact) mass is 348 g/mol. The Labute approximate surface area is 119 Å². The summed E-state index contributed by atoms with van der Waals surface area (Å²) in [5.74, 6) is -3.90. The molecule has 0 amide bonds. The second-order valence-corrected chi connectivity index (χ2v) is 5.50. The van der Waals surface area contributed by atoms with Gasteiger partial charge in [-0.25, -0.2) is 13.6 Å². The summed E-state index contributed by atoms with van der Waals surface area (Å²) in [4.78, 5) is 11.5. The van der Waals surface area contributed by atoms with Gasteiger partial charge in [0.05, 0.1) is 10.4 Å². The normalized spacial score (nSPS) is 12.4. The molecule has 2 N–H and O–H groups in total. The van der Waals surface area contributed by atoms with Gasteiger partial charge in [0.1, 0.15) is 6.10 Å². The van der Waals surface area contributed by atoms with Crippen molar-refractivity contribution in [3.63, 3.8) is 0 Å². The van der Waals surface area contributed by atoms with Crippen LogP contribution in [0.1, 0.15) is 26.9 Å². The lowest BCUT2D eigenvalue weighted by Gasteiger charge is -2.13. The lowest BCUT2D eigenvalue weighted by Crippen LogP contribution is -2.09. The molecule has 100 valence electrons. The molecule has 0 fully saturated rings. The Morgan fingerprint density at radius 1 is 1.32 bits per heavy atom. The molecule has 7 heteroatoms. The van der Waals surface area contributed by atoms with Crippen molar-refractivity contribution in [3.05, 3.63) is 55.7 Å². The van der Waals surface area contributed by atoms with Crippen LogP contribution in [-0.2, 0) is 0 Å². The fourth-order valence-corrected chi connectivity index (χ4v) is 3.21. The van der Waals surface area contributed by atoms with Gasteiger partial charge < -0.3 is 10.2 Å². The highest BCUT2D eigenvalue weighted by atomic mass is 79.9. The molecule has 0 bridgehead atoms. The first kappa shape index (κ1) is 14.1. The number of carbonyl (C=O) groups is 1. The van der Waals surface area contributed by atoms with Crippen LogP contribution in [0.5, 0.6) is 0 Å². The van der Waals surface area contributed by atoms with Gasteiger partial charge in [0.2, 0.25) is 0 Å². The van der Waals surface area contributed by atoms with Crippen LogP contribution in [0.2, 0.25) is 0 Å². The molecule has 3 nitrogen and oxygen atoms in total. The number of carboxylic acids is 1. The maximum atomic E-state index is 13.2. The number of thiophene rings is 1. The van der Waals surface area contributed by atoms with Crippen molar-refractivity contribution < 1.29 is 23.8 Å². The molecule has 1 unspecified atom stereocenters. The molecule has 0 aliphatic carbocycles. The summed E-state index contributed by atoms with van der Waals surface area (Å²) in [6.45, 7) is 0. The van der Waals surface area contributed by atoms with E-state index < -0.39 is 29.3 Å². The van der Waals surface area contributed by atoms with Crippen LogP contribution in [-0.4, -0.2) is 16.2 Å². The molecule has 2 rings (SSSR count). The van der Waals surface area contributed by atoms with Gasteiger partial charge in [0.15, 0.2) is 11.6 Å². The second-order valence-electron chi connectivity index (χ2n) is 3.69. The lowest BCUT2D eigenvalue weighted by atomic mass is 10.0. The molecule has 0 saturated carbocycles. The molecular weight excluding hydrogens is 342 g/mol. The van der Waals surface area contributed by atoms with Gasteiger partial charge in [-0.15, -0.1) is 11.3 Å². The Hall–Kier alpha value is -1.31. The van der Waals surface area contributed by atoms with Crippen LogP contribution in [0.4, 0.5) is 8.78 Å². The number of aromatic carboxylic acids is 1. The molecule has 1 aromatic carbocycles. The molecule has 19 heavy (non-hydrogen) atoms. The molecule has 0 spiro atoms. The van der Waals surface area contributed by atoms with Crippen molar-refractivity contribution in [2.75, 3.05) is 0 Å². The Morgan fingerprint density at radius 3 is 2.47 bits per heavy atom. The highest BCUT2D eigenvalue weighted by Crippen LogP contribution is 2.35. The van der Waals surface area contributed by atoms with Crippen LogP contribution >= 0.6 is 27.3 Å². The standard InChI is InChI=1S/C12H7BrF2O3S/c13-7-1-2-19-11(7)10(16)5-3-8(14)9(15)4-6(5)12(17)18/h1-4,10,16H,(H,17,18). The summed E-state index contributed by atoms with van der Waals surface area (Å²) < 4.78 is 26.9. The van der Waals surface area contributed by atoms with E-state index in [0.29, 0.717) is 21.5 Å². The first-order valence-corrected chi connectivity index (χ1v) is 6.72. The number of hydrogen-bond acceptors (Lipinski definition) is 3. The predicted molar refractivity (Wildman–Crippen MR) is 69.4 cm³/mol. The number of benzene rings is 1. The highest BCUT2D eigenvalue weighted by molar-refractivity contribution is 9.10. The fourth-order valence-electron chi connectivity index (χ4n) is 1.62. The predicted octanol–water partition coefficient (Wildman–Crippen LogP) is 3.57. The lowest BCUT2D eigenvalue weighted by molar-refractivity contribution is 0.0690. The van der Waals surface area contributed by atoms with E-state index in [2.05, 4.69) is 15.9 Å². The average molecular weight is 349 g/mol. The molecule has 1 aromatic heterocycles. The van der Waals surface area contributed by atoms with Crippen LogP contribution in [0.15, 0.2) is 28.1 Å². The fraction of sp³-hybridized carbons (Fsp3) is 0.0833. The van der Waals surface area contributed by atoms with E-state index in [0.717, 1.165) is 0 Å². The SMILES string of the molecule is O=C(O)c1cc(F)c(F)cc1C(O)c1sccc1Br. The number of halogens is 3. The minimum absolute atomic E-state index is 0.186. The number of carboxylic acid groups (broad SMARTS) is 1. The largest absolute Gasteiger partial charge is 0.478 e. The molecule has 0 saturated heterocycles. The molecule has 1 heterocycles. The van der Waals surface area contributed by atoms with Crippen molar-refractivity contribution in [1.82, 2.24) is 0 Å². The summed E-state index contributed by atoms with van der Waals surface area (Å²) in [5, 5.41) is 20.8. The molecule has 0 aliphatic rings. The molecule has 0 aliphatic heterocycles. The Morgan fingerprint density at radius 2 is 1.95 bits per heavy atom. The van der Waals surface area contributed by atoms with Gasteiger partial charge in [-0.2, -0.15) is 0 Å². The first-order valence-electron chi connectivity index (χ1n) is 5.05. The Balaban J connectivity index is 2.58. The smallest absolute Gasteiger partial charge is 0.336 e. The van der Waals surface area contributed by atoms with Gasteiger partial charge in [0, 0.05) is 10.0 Å². The third-order valence-electron chi connectivity index (χ3n) is 2.51. The van der Waals surface area contributed by atoms with Gasteiger partial charge in [-0.1, -0.05) is 0 Å². The van der Waals surface area contributed by atoms with E-state index in [1.807, 2.05) is 0 Å². The summed E-state index contributed by atoms with van der Waals surface area (Å²) in [6, 6.07) is 2.94. The quantitative estimate of drug-likeness (QED) is 0.891. The summed E-state index contributed by atoms with van der Waals surface area (Å²) in [7, 11) is 0. The van der Waals surface area contributed by atoms with Crippen molar-refractivity contribution in [1.29, 1.82) is 0 Å². The third kappa shape index (κ3) is 2.68. The zero-order valence-electron chi connectivity index (χ0n) is 9.23. The minimum atomic E-state index is -1.43. The van der Waals surface area contributed by atoms with Crippen LogP contribution in [0.3, 0.4) is 0 Å². The Kier molecular flexibility index (Phi) is 3.98. The second kappa shape index (κ2) is 5.36. The molecule has 0 radical (unpaired) electrons. The van der Waals surface area contributed by atoms with E-state index >= 15 is 0 Å². The number of aliphatic hydroxyl groups excluding tert-OH is 1. The van der Waals surface area contributed by atoms with E-state index in [4.69, 9.17) is 5.11 Å². The minimum Gasteiger partial charge on any atom is -0.478 e. The molecular formula is C12H7BrF2O3S. The molecule has 1 atom stereocenters. The van der Waals surface area contributed by atoms with Crippen molar-refractivity contribution in [2.45, 2.75) is 6.10 Å². The van der Waals surface area contributed by atoms with Crippen LogP contribution < -0.4 is 0 Å². The van der Waals surface area contributed by atoms with Gasteiger partial charge in [-0.05, 0) is 39.5 Å². The first-order chi connectivity index (χ1) is 8.91. The number of aliphatic hydroxyl groups is 1. The van der Waals surface area contributed by atoms with E-state index in [9.17, 15) is 18.7 Å². The number of hydrogen-bond donors (Lipinski definition) is 2. The average Bonchev–Trinajstić information content (AvgIpc) is 2.77. The maximum absolute atomic E-state index is 13.2. The third-order valence-corrected chi connectivity index (χ3v) is 4.43. The van der Waals surface area contributed by atoms with E-state index in [-0.39, 0.29) is 5.56 Å². The topological polar surface area (TPSA) is 57.5 Å². The van der Waals surface area contributed by atoms with Crippen molar-refractivity contribution in [3.8, 4) is 0 Å². The highest BCUT2D eigenvalue weighted by Gasteiger charge is 2.23. The van der Waals surface area contributed by atoms with Gasteiger partial charge >= 0.3 is 5.97 Å².